The van der Waals surface area contributed by atoms with Crippen LogP contribution in [0.3, 0.4) is 0 Å². The number of nitrogens with one attached hydrogen (secondary N) is 2. The molecule has 26 heavy (non-hydrogen) atoms. The third-order valence-corrected chi connectivity index (χ3v) is 5.63. The number of benzene rings is 2. The average molecular weight is 343 g/mol. The maximum absolute atomic E-state index is 9.14. The summed E-state index contributed by atoms with van der Waals surface area (Å²) < 4.78 is 0. The Balaban J connectivity index is 1.38. The molecule has 1 saturated heterocycles. The van der Waals surface area contributed by atoms with Crippen LogP contribution in [-0.2, 0) is 12.8 Å². The van der Waals surface area contributed by atoms with Crippen LogP contribution in [0.25, 0.3) is 10.9 Å². The van der Waals surface area contributed by atoms with Crippen molar-refractivity contribution in [2.45, 2.75) is 38.1 Å². The standard InChI is InChI=1S/C23H25N3/c24-15-19-6-9-23-22(14-19)20(16-26-23)7-8-21-13-18(10-11-25-21)12-17-4-2-1-3-5-17/h1-6,9,14,16,18,21,25-26H,7-8,10-13H2/t18-,21+/m1/s1. The van der Waals surface area contributed by atoms with E-state index in [1.807, 2.05) is 18.2 Å². The summed E-state index contributed by atoms with van der Waals surface area (Å²) in [5.41, 5.74) is 4.64. The minimum atomic E-state index is 0.585. The summed E-state index contributed by atoms with van der Waals surface area (Å²) in [6.07, 6.45) is 8.01. The lowest BCUT2D eigenvalue weighted by Crippen LogP contribution is -2.38. The zero-order valence-electron chi connectivity index (χ0n) is 15.0. The molecular formula is C23H25N3. The predicted molar refractivity (Wildman–Crippen MR) is 106 cm³/mol. The summed E-state index contributed by atoms with van der Waals surface area (Å²) in [5.74, 6) is 0.775. The van der Waals surface area contributed by atoms with Crippen LogP contribution < -0.4 is 5.32 Å². The molecule has 1 fully saturated rings. The average Bonchev–Trinajstić information content (AvgIpc) is 3.09. The Kier molecular flexibility index (Phi) is 5.04. The minimum absolute atomic E-state index is 0.585. The monoisotopic (exact) mass is 343 g/mol. The topological polar surface area (TPSA) is 51.6 Å². The third kappa shape index (κ3) is 3.81. The van der Waals surface area contributed by atoms with Crippen LogP contribution in [0.5, 0.6) is 0 Å². The molecule has 4 rings (SSSR count). The van der Waals surface area contributed by atoms with E-state index in [9.17, 15) is 0 Å². The maximum atomic E-state index is 9.14. The third-order valence-electron chi connectivity index (χ3n) is 5.63. The second-order valence-corrected chi connectivity index (χ2v) is 7.46. The molecule has 1 aromatic heterocycles. The van der Waals surface area contributed by atoms with Crippen molar-refractivity contribution in [1.82, 2.24) is 10.3 Å². The molecule has 3 nitrogen and oxygen atoms in total. The van der Waals surface area contributed by atoms with Gasteiger partial charge >= 0.3 is 0 Å². The summed E-state index contributed by atoms with van der Waals surface area (Å²) >= 11 is 0. The Morgan fingerprint density at radius 3 is 2.85 bits per heavy atom. The molecule has 2 aromatic carbocycles. The van der Waals surface area contributed by atoms with Gasteiger partial charge in [0.05, 0.1) is 11.6 Å². The van der Waals surface area contributed by atoms with Gasteiger partial charge in [-0.15, -0.1) is 0 Å². The Morgan fingerprint density at radius 1 is 1.12 bits per heavy atom. The van der Waals surface area contributed by atoms with E-state index >= 15 is 0 Å². The Morgan fingerprint density at radius 2 is 2.00 bits per heavy atom. The molecule has 0 saturated carbocycles. The number of aryl methyl sites for hydroxylation is 1. The fourth-order valence-corrected chi connectivity index (χ4v) is 4.23. The largest absolute Gasteiger partial charge is 0.361 e. The number of hydrogen-bond acceptors (Lipinski definition) is 2. The summed E-state index contributed by atoms with van der Waals surface area (Å²) in [5, 5.41) is 14.0. The highest BCUT2D eigenvalue weighted by Crippen LogP contribution is 2.25. The van der Waals surface area contributed by atoms with E-state index in [2.05, 4.69) is 52.9 Å². The number of fused-ring (bicyclic) bond motifs is 1. The van der Waals surface area contributed by atoms with E-state index in [4.69, 9.17) is 5.26 Å². The molecule has 0 unspecified atom stereocenters. The first-order valence-electron chi connectivity index (χ1n) is 9.59. The molecule has 0 amide bonds. The van der Waals surface area contributed by atoms with Crippen LogP contribution in [0.4, 0.5) is 0 Å². The van der Waals surface area contributed by atoms with Crippen molar-refractivity contribution in [1.29, 1.82) is 5.26 Å². The number of aromatic amines is 1. The molecule has 1 aliphatic rings. The molecule has 0 bridgehead atoms. The van der Waals surface area contributed by atoms with Crippen molar-refractivity contribution in [3.8, 4) is 6.07 Å². The molecule has 2 heterocycles. The first-order valence-corrected chi connectivity index (χ1v) is 9.59. The van der Waals surface area contributed by atoms with Gasteiger partial charge in [-0.2, -0.15) is 5.26 Å². The minimum Gasteiger partial charge on any atom is -0.361 e. The summed E-state index contributed by atoms with van der Waals surface area (Å²) in [4.78, 5) is 3.34. The zero-order chi connectivity index (χ0) is 17.8. The van der Waals surface area contributed by atoms with Gasteiger partial charge < -0.3 is 10.3 Å². The van der Waals surface area contributed by atoms with Crippen LogP contribution in [-0.4, -0.2) is 17.6 Å². The van der Waals surface area contributed by atoms with Crippen LogP contribution in [0, 0.1) is 17.2 Å². The quantitative estimate of drug-likeness (QED) is 0.712. The second-order valence-electron chi connectivity index (χ2n) is 7.46. The molecule has 0 aliphatic carbocycles. The SMILES string of the molecule is N#Cc1ccc2[nH]cc(CC[C@H]3C[C@@H](Cc4ccccc4)CCN3)c2c1. The van der Waals surface area contributed by atoms with E-state index in [1.54, 1.807) is 0 Å². The summed E-state index contributed by atoms with van der Waals surface area (Å²) in [6, 6.07) is 19.6. The van der Waals surface area contributed by atoms with E-state index in [1.165, 1.54) is 35.8 Å². The van der Waals surface area contributed by atoms with Crippen molar-refractivity contribution in [3.05, 3.63) is 71.4 Å². The lowest BCUT2D eigenvalue weighted by molar-refractivity contribution is 0.290. The number of piperidine rings is 1. The normalized spacial score (nSPS) is 20.1. The summed E-state index contributed by atoms with van der Waals surface area (Å²) in [6.45, 7) is 1.12. The van der Waals surface area contributed by atoms with Crippen molar-refractivity contribution in [2.75, 3.05) is 6.54 Å². The smallest absolute Gasteiger partial charge is 0.0991 e. The van der Waals surface area contributed by atoms with Gasteiger partial charge in [0.15, 0.2) is 0 Å². The highest BCUT2D eigenvalue weighted by molar-refractivity contribution is 5.84. The number of nitriles is 1. The fourth-order valence-electron chi connectivity index (χ4n) is 4.23. The van der Waals surface area contributed by atoms with Crippen molar-refractivity contribution in [2.24, 2.45) is 5.92 Å². The van der Waals surface area contributed by atoms with E-state index in [-0.39, 0.29) is 0 Å². The van der Waals surface area contributed by atoms with Crippen molar-refractivity contribution >= 4 is 10.9 Å². The Labute approximate surface area is 155 Å². The van der Waals surface area contributed by atoms with Crippen LogP contribution in [0.1, 0.15) is 36.0 Å². The first kappa shape index (κ1) is 16.9. The molecule has 3 aromatic rings. The van der Waals surface area contributed by atoms with E-state index in [0.717, 1.165) is 36.4 Å². The number of nitrogens with zero attached hydrogens (tertiary/aromatic N) is 1. The molecule has 2 N–H and O–H groups in total. The van der Waals surface area contributed by atoms with Gasteiger partial charge in [-0.3, -0.25) is 0 Å². The van der Waals surface area contributed by atoms with Gasteiger partial charge in [-0.05, 0) is 73.9 Å². The van der Waals surface area contributed by atoms with E-state index in [0.29, 0.717) is 6.04 Å². The van der Waals surface area contributed by atoms with Gasteiger partial charge in [0, 0.05) is 23.1 Å². The van der Waals surface area contributed by atoms with Crippen molar-refractivity contribution in [3.63, 3.8) is 0 Å². The number of hydrogen-bond donors (Lipinski definition) is 2. The molecule has 0 spiro atoms. The molecule has 0 radical (unpaired) electrons. The van der Waals surface area contributed by atoms with Gasteiger partial charge in [-0.1, -0.05) is 30.3 Å². The first-order chi connectivity index (χ1) is 12.8. The molecule has 2 atom stereocenters. The van der Waals surface area contributed by atoms with E-state index < -0.39 is 0 Å². The van der Waals surface area contributed by atoms with Crippen LogP contribution in [0.15, 0.2) is 54.7 Å². The number of rotatable bonds is 5. The second kappa shape index (κ2) is 7.76. The molecular weight excluding hydrogens is 318 g/mol. The predicted octanol–water partition coefficient (Wildman–Crippen LogP) is 4.58. The number of H-pyrrole nitrogens is 1. The molecule has 1 aliphatic heterocycles. The lowest BCUT2D eigenvalue weighted by atomic mass is 9.85. The summed E-state index contributed by atoms with van der Waals surface area (Å²) in [7, 11) is 0. The fraction of sp³-hybridized carbons (Fsp3) is 0.348. The van der Waals surface area contributed by atoms with Crippen molar-refractivity contribution < 1.29 is 0 Å². The Bertz CT molecular complexity index is 904. The highest BCUT2D eigenvalue weighted by atomic mass is 14.9. The van der Waals surface area contributed by atoms with Gasteiger partial charge in [-0.25, -0.2) is 0 Å². The van der Waals surface area contributed by atoms with Gasteiger partial charge in [0.2, 0.25) is 0 Å². The highest BCUT2D eigenvalue weighted by Gasteiger charge is 2.21. The molecule has 132 valence electrons. The van der Waals surface area contributed by atoms with Crippen LogP contribution in [0.2, 0.25) is 0 Å². The number of aromatic nitrogens is 1. The molecule has 3 heteroatoms. The Hall–Kier alpha value is -2.57. The zero-order valence-corrected chi connectivity index (χ0v) is 15.0. The maximum Gasteiger partial charge on any atom is 0.0991 e. The lowest BCUT2D eigenvalue weighted by Gasteiger charge is -2.30. The van der Waals surface area contributed by atoms with Gasteiger partial charge in [0.25, 0.3) is 0 Å². The van der Waals surface area contributed by atoms with Gasteiger partial charge in [0.1, 0.15) is 0 Å². The van der Waals surface area contributed by atoms with Crippen LogP contribution >= 0.6 is 0 Å².